The van der Waals surface area contributed by atoms with E-state index in [4.69, 9.17) is 5.73 Å². The van der Waals surface area contributed by atoms with E-state index in [1.54, 1.807) is 0 Å². The van der Waals surface area contributed by atoms with Gasteiger partial charge in [0.15, 0.2) is 0 Å². The molecule has 2 aromatic rings. The van der Waals surface area contributed by atoms with Crippen LogP contribution in [0.1, 0.15) is 24.3 Å². The Kier molecular flexibility index (Phi) is 4.60. The lowest BCUT2D eigenvalue weighted by molar-refractivity contribution is -0.131. The van der Waals surface area contributed by atoms with Gasteiger partial charge in [0.25, 0.3) is 0 Å². The van der Waals surface area contributed by atoms with E-state index in [2.05, 4.69) is 42.5 Å². The first kappa shape index (κ1) is 16.3. The summed E-state index contributed by atoms with van der Waals surface area (Å²) in [6, 6.07) is 15.0. The number of hydrogen-bond donors (Lipinski definition) is 1. The van der Waals surface area contributed by atoms with E-state index in [1.165, 1.54) is 16.3 Å². The summed E-state index contributed by atoms with van der Waals surface area (Å²) in [5.74, 6) is 1.45. The Balaban J connectivity index is 0.00000156. The van der Waals surface area contributed by atoms with E-state index in [1.807, 2.05) is 4.90 Å². The lowest BCUT2D eigenvalue weighted by atomic mass is 10.0. The van der Waals surface area contributed by atoms with Crippen molar-refractivity contribution in [3.8, 4) is 0 Å². The zero-order valence-corrected chi connectivity index (χ0v) is 14.0. The Morgan fingerprint density at radius 2 is 1.96 bits per heavy atom. The molecule has 23 heavy (non-hydrogen) atoms. The first-order valence-corrected chi connectivity index (χ1v) is 8.24. The first-order valence-electron chi connectivity index (χ1n) is 8.24. The second-order valence-corrected chi connectivity index (χ2v) is 6.73. The Hall–Kier alpha value is -1.58. The minimum absolute atomic E-state index is 0. The summed E-state index contributed by atoms with van der Waals surface area (Å²) in [6.07, 6.45) is 2.07. The van der Waals surface area contributed by atoms with Gasteiger partial charge in [0.2, 0.25) is 5.91 Å². The van der Waals surface area contributed by atoms with Crippen molar-refractivity contribution >= 4 is 29.1 Å². The first-order chi connectivity index (χ1) is 10.8. The number of rotatable bonds is 3. The van der Waals surface area contributed by atoms with Gasteiger partial charge in [-0.05, 0) is 47.6 Å². The van der Waals surface area contributed by atoms with Crippen LogP contribution in [-0.2, 0) is 4.79 Å². The van der Waals surface area contributed by atoms with E-state index in [-0.39, 0.29) is 18.3 Å². The van der Waals surface area contributed by atoms with Crippen LogP contribution >= 0.6 is 12.4 Å². The molecule has 0 spiro atoms. The molecule has 2 fully saturated rings. The normalized spacial score (nSPS) is 26.1. The van der Waals surface area contributed by atoms with Crippen LogP contribution in [0.4, 0.5) is 0 Å². The van der Waals surface area contributed by atoms with E-state index in [0.717, 1.165) is 25.9 Å². The number of carbonyl (C=O) groups is 1. The van der Waals surface area contributed by atoms with Crippen LogP contribution in [0.15, 0.2) is 42.5 Å². The van der Waals surface area contributed by atoms with Crippen molar-refractivity contribution in [2.45, 2.75) is 18.8 Å². The van der Waals surface area contributed by atoms with E-state index in [0.29, 0.717) is 24.3 Å². The maximum Gasteiger partial charge on any atom is 0.226 e. The van der Waals surface area contributed by atoms with Gasteiger partial charge in [0, 0.05) is 19.0 Å². The number of halogens is 1. The maximum absolute atomic E-state index is 12.6. The Morgan fingerprint density at radius 3 is 2.70 bits per heavy atom. The summed E-state index contributed by atoms with van der Waals surface area (Å²) in [4.78, 5) is 14.6. The summed E-state index contributed by atoms with van der Waals surface area (Å²) in [6.45, 7) is 2.44. The lowest BCUT2D eigenvalue weighted by Crippen LogP contribution is -2.31. The highest BCUT2D eigenvalue weighted by Crippen LogP contribution is 2.49. The lowest BCUT2D eigenvalue weighted by Gasteiger charge is -2.16. The van der Waals surface area contributed by atoms with Crippen LogP contribution in [0.2, 0.25) is 0 Å². The number of hydrogen-bond acceptors (Lipinski definition) is 2. The zero-order chi connectivity index (χ0) is 15.1. The number of fused-ring (bicyclic) bond motifs is 1. The minimum atomic E-state index is 0. The third-order valence-corrected chi connectivity index (χ3v) is 5.24. The summed E-state index contributed by atoms with van der Waals surface area (Å²) in [5, 5.41) is 2.53. The van der Waals surface area contributed by atoms with Crippen LogP contribution in [0, 0.1) is 11.8 Å². The molecule has 3 atom stereocenters. The van der Waals surface area contributed by atoms with Crippen molar-refractivity contribution < 1.29 is 4.79 Å². The van der Waals surface area contributed by atoms with Crippen LogP contribution in [0.3, 0.4) is 0 Å². The highest BCUT2D eigenvalue weighted by Gasteiger charge is 2.46. The summed E-state index contributed by atoms with van der Waals surface area (Å²) >= 11 is 0. The topological polar surface area (TPSA) is 46.3 Å². The van der Waals surface area contributed by atoms with Gasteiger partial charge in [-0.1, -0.05) is 42.5 Å². The number of benzene rings is 2. The second-order valence-electron chi connectivity index (χ2n) is 6.73. The van der Waals surface area contributed by atoms with E-state index >= 15 is 0 Å². The molecule has 1 aliphatic heterocycles. The highest BCUT2D eigenvalue weighted by molar-refractivity contribution is 5.86. The molecule has 4 heteroatoms. The van der Waals surface area contributed by atoms with E-state index in [9.17, 15) is 4.79 Å². The summed E-state index contributed by atoms with van der Waals surface area (Å²) < 4.78 is 0. The molecule has 1 aliphatic carbocycles. The van der Waals surface area contributed by atoms with Crippen molar-refractivity contribution in [2.24, 2.45) is 17.6 Å². The number of nitrogens with zero attached hydrogens (tertiary/aromatic N) is 1. The smallest absolute Gasteiger partial charge is 0.226 e. The van der Waals surface area contributed by atoms with Gasteiger partial charge < -0.3 is 10.6 Å². The molecular formula is C19H23ClN2O. The van der Waals surface area contributed by atoms with Crippen LogP contribution in [-0.4, -0.2) is 30.4 Å². The van der Waals surface area contributed by atoms with Gasteiger partial charge in [0.05, 0.1) is 0 Å². The van der Waals surface area contributed by atoms with Crippen molar-refractivity contribution in [1.29, 1.82) is 0 Å². The van der Waals surface area contributed by atoms with Crippen LogP contribution in [0.5, 0.6) is 0 Å². The molecule has 1 amide bonds. The molecule has 1 heterocycles. The average molecular weight is 331 g/mol. The summed E-state index contributed by atoms with van der Waals surface area (Å²) in [7, 11) is 0. The third kappa shape index (κ3) is 3.08. The monoisotopic (exact) mass is 330 g/mol. The number of carbonyl (C=O) groups excluding carboxylic acids is 1. The van der Waals surface area contributed by atoms with Gasteiger partial charge in [0.1, 0.15) is 0 Å². The minimum Gasteiger partial charge on any atom is -0.342 e. The van der Waals surface area contributed by atoms with Crippen LogP contribution < -0.4 is 5.73 Å². The molecule has 3 nitrogen and oxygen atoms in total. The molecular weight excluding hydrogens is 308 g/mol. The predicted octanol–water partition coefficient (Wildman–Crippen LogP) is 3.17. The second kappa shape index (κ2) is 6.50. The molecule has 4 rings (SSSR count). The van der Waals surface area contributed by atoms with Crippen molar-refractivity contribution in [3.05, 3.63) is 48.0 Å². The van der Waals surface area contributed by atoms with Crippen molar-refractivity contribution in [1.82, 2.24) is 4.90 Å². The van der Waals surface area contributed by atoms with Gasteiger partial charge in [-0.2, -0.15) is 0 Å². The fraction of sp³-hybridized carbons (Fsp3) is 0.421. The van der Waals surface area contributed by atoms with E-state index < -0.39 is 0 Å². The number of amides is 1. The molecule has 3 unspecified atom stereocenters. The number of likely N-dealkylation sites (tertiary alicyclic amines) is 1. The van der Waals surface area contributed by atoms with Crippen LogP contribution in [0.25, 0.3) is 10.8 Å². The van der Waals surface area contributed by atoms with Crippen molar-refractivity contribution in [2.75, 3.05) is 19.6 Å². The molecule has 122 valence electrons. The Labute approximate surface area is 143 Å². The van der Waals surface area contributed by atoms with Gasteiger partial charge in [-0.25, -0.2) is 0 Å². The quantitative estimate of drug-likeness (QED) is 0.939. The van der Waals surface area contributed by atoms with Crippen molar-refractivity contribution in [3.63, 3.8) is 0 Å². The summed E-state index contributed by atoms with van der Waals surface area (Å²) in [5.41, 5.74) is 7.03. The Bertz CT molecular complexity index is 717. The standard InChI is InChI=1S/C19H22N2O.ClH/c20-11-13-7-8-21(12-13)19(22)18-10-17(18)16-6-5-14-3-1-2-4-15(14)9-16;/h1-6,9,13,17-18H,7-8,10-12,20H2;1H. The fourth-order valence-electron chi connectivity index (χ4n) is 3.73. The highest BCUT2D eigenvalue weighted by atomic mass is 35.5. The predicted molar refractivity (Wildman–Crippen MR) is 95.8 cm³/mol. The zero-order valence-electron chi connectivity index (χ0n) is 13.2. The molecule has 0 aromatic heterocycles. The average Bonchev–Trinajstić information content (AvgIpc) is 3.22. The van der Waals surface area contributed by atoms with Gasteiger partial charge in [-0.3, -0.25) is 4.79 Å². The maximum atomic E-state index is 12.6. The fourth-order valence-corrected chi connectivity index (χ4v) is 3.73. The largest absolute Gasteiger partial charge is 0.342 e. The molecule has 0 bridgehead atoms. The SMILES string of the molecule is Cl.NCC1CCN(C(=O)C2CC2c2ccc3ccccc3c2)C1. The Morgan fingerprint density at radius 1 is 1.17 bits per heavy atom. The molecule has 1 saturated heterocycles. The third-order valence-electron chi connectivity index (χ3n) is 5.24. The van der Waals surface area contributed by atoms with Gasteiger partial charge in [-0.15, -0.1) is 12.4 Å². The molecule has 1 saturated carbocycles. The molecule has 2 N–H and O–H groups in total. The molecule has 2 aliphatic rings. The molecule has 2 aromatic carbocycles. The number of nitrogens with two attached hydrogens (primary N) is 1. The van der Waals surface area contributed by atoms with Gasteiger partial charge >= 0.3 is 0 Å². The molecule has 0 radical (unpaired) electrons.